The summed E-state index contributed by atoms with van der Waals surface area (Å²) in [7, 11) is 0. The highest BCUT2D eigenvalue weighted by atomic mass is 16.5. The minimum Gasteiger partial charge on any atom is -0.466 e. The van der Waals surface area contributed by atoms with E-state index >= 15 is 0 Å². The Morgan fingerprint density at radius 2 is 0.746 bits per heavy atom. The van der Waals surface area contributed by atoms with Gasteiger partial charge in [0.25, 0.3) is 0 Å². The Hall–Kier alpha value is -2.18. The third-order valence-electron chi connectivity index (χ3n) is 13.4. The van der Waals surface area contributed by atoms with Crippen LogP contribution in [-0.4, -0.2) is 47.4 Å². The van der Waals surface area contributed by atoms with Gasteiger partial charge in [0.05, 0.1) is 25.4 Å². The normalized spacial score (nSPS) is 13.0. The first-order valence-electron chi connectivity index (χ1n) is 29.4. The second-order valence-corrected chi connectivity index (χ2v) is 20.0. The number of rotatable bonds is 54. The molecule has 67 heavy (non-hydrogen) atoms. The first-order chi connectivity index (χ1) is 33.0. The van der Waals surface area contributed by atoms with Gasteiger partial charge in [-0.05, 0) is 89.9 Å². The molecule has 0 bridgehead atoms. The molecule has 0 rings (SSSR count). The highest BCUT2D eigenvalue weighted by molar-refractivity contribution is 5.76. The summed E-state index contributed by atoms with van der Waals surface area (Å²) in [6.45, 7) is 4.91. The standard InChI is InChI=1S/C61H113NO5/c1-3-5-7-9-11-13-15-16-17-28-31-35-39-43-47-51-55-61(66)67-56-52-48-44-40-36-32-29-26-24-22-20-18-19-21-23-25-27-30-34-38-42-46-50-54-60(65)62-58(57-63)59(64)53-49-45-41-37-33-14-12-10-8-6-4-2/h13,15,17-18,20-21,23,28,58-59,63-64H,3-12,14,16,19,22,24-27,29-57H2,1-2H3,(H,62,65)/b15-13-,20-18-,23-21-,28-17-. The van der Waals surface area contributed by atoms with E-state index in [1.54, 1.807) is 0 Å². The third-order valence-corrected chi connectivity index (χ3v) is 13.4. The molecule has 0 saturated heterocycles. The van der Waals surface area contributed by atoms with Gasteiger partial charge in [-0.3, -0.25) is 9.59 Å². The number of carbonyl (C=O) groups is 2. The highest BCUT2D eigenvalue weighted by Gasteiger charge is 2.20. The maximum atomic E-state index is 12.4. The van der Waals surface area contributed by atoms with Crippen LogP contribution in [0, 0.1) is 0 Å². The van der Waals surface area contributed by atoms with Gasteiger partial charge in [-0.15, -0.1) is 0 Å². The zero-order valence-electron chi connectivity index (χ0n) is 44.6. The van der Waals surface area contributed by atoms with Crippen molar-refractivity contribution < 1.29 is 24.5 Å². The average molecular weight is 941 g/mol. The summed E-state index contributed by atoms with van der Waals surface area (Å²) in [4.78, 5) is 24.5. The fourth-order valence-electron chi connectivity index (χ4n) is 8.82. The molecule has 392 valence electrons. The fraction of sp³-hybridized carbons (Fsp3) is 0.836. The summed E-state index contributed by atoms with van der Waals surface area (Å²) in [5, 5.41) is 23.2. The predicted molar refractivity (Wildman–Crippen MR) is 292 cm³/mol. The first kappa shape index (κ1) is 64.8. The molecule has 0 aromatic heterocycles. The monoisotopic (exact) mass is 940 g/mol. The Morgan fingerprint density at radius 3 is 1.15 bits per heavy atom. The predicted octanol–water partition coefficient (Wildman–Crippen LogP) is 18.2. The van der Waals surface area contributed by atoms with Gasteiger partial charge < -0.3 is 20.3 Å². The van der Waals surface area contributed by atoms with Gasteiger partial charge in [-0.25, -0.2) is 0 Å². The molecule has 1 amide bonds. The van der Waals surface area contributed by atoms with E-state index in [0.717, 1.165) is 70.6 Å². The molecule has 0 aliphatic carbocycles. The molecule has 3 N–H and O–H groups in total. The van der Waals surface area contributed by atoms with Crippen LogP contribution in [0.2, 0.25) is 0 Å². The number of unbranched alkanes of at least 4 members (excludes halogenated alkanes) is 35. The van der Waals surface area contributed by atoms with Crippen molar-refractivity contribution in [2.45, 2.75) is 315 Å². The summed E-state index contributed by atoms with van der Waals surface area (Å²) < 4.78 is 5.47. The van der Waals surface area contributed by atoms with E-state index in [4.69, 9.17) is 4.74 Å². The van der Waals surface area contributed by atoms with Gasteiger partial charge in [0.1, 0.15) is 0 Å². The minimum absolute atomic E-state index is 0.00695. The van der Waals surface area contributed by atoms with Crippen LogP contribution in [0.4, 0.5) is 0 Å². The molecule has 0 aliphatic rings. The molecule has 0 aliphatic heterocycles. The van der Waals surface area contributed by atoms with Gasteiger partial charge in [-0.1, -0.05) is 249 Å². The summed E-state index contributed by atoms with van der Waals surface area (Å²) in [5.41, 5.74) is 0. The van der Waals surface area contributed by atoms with Crippen molar-refractivity contribution in [2.24, 2.45) is 0 Å². The van der Waals surface area contributed by atoms with Crippen LogP contribution >= 0.6 is 0 Å². The Morgan fingerprint density at radius 1 is 0.418 bits per heavy atom. The maximum Gasteiger partial charge on any atom is 0.305 e. The van der Waals surface area contributed by atoms with Crippen LogP contribution in [0.3, 0.4) is 0 Å². The van der Waals surface area contributed by atoms with E-state index in [9.17, 15) is 19.8 Å². The molecule has 0 saturated carbocycles. The van der Waals surface area contributed by atoms with Crippen LogP contribution in [0.25, 0.3) is 0 Å². The number of allylic oxidation sites excluding steroid dienone is 8. The van der Waals surface area contributed by atoms with Crippen molar-refractivity contribution in [3.63, 3.8) is 0 Å². The van der Waals surface area contributed by atoms with Crippen molar-refractivity contribution in [1.82, 2.24) is 5.32 Å². The molecule has 6 nitrogen and oxygen atoms in total. The number of aliphatic hydroxyl groups excluding tert-OH is 2. The Balaban J connectivity index is 3.45. The van der Waals surface area contributed by atoms with Gasteiger partial charge in [0, 0.05) is 12.8 Å². The van der Waals surface area contributed by atoms with Crippen molar-refractivity contribution in [2.75, 3.05) is 13.2 Å². The van der Waals surface area contributed by atoms with Crippen LogP contribution in [0.15, 0.2) is 48.6 Å². The molecule has 0 aromatic carbocycles. The smallest absolute Gasteiger partial charge is 0.305 e. The maximum absolute atomic E-state index is 12.4. The molecular weight excluding hydrogens is 827 g/mol. The van der Waals surface area contributed by atoms with Gasteiger partial charge in [0.2, 0.25) is 5.91 Å². The lowest BCUT2D eigenvalue weighted by atomic mass is 10.0. The van der Waals surface area contributed by atoms with E-state index in [1.165, 1.54) is 199 Å². The van der Waals surface area contributed by atoms with Crippen LogP contribution in [0.1, 0.15) is 303 Å². The van der Waals surface area contributed by atoms with E-state index < -0.39 is 12.1 Å². The fourth-order valence-corrected chi connectivity index (χ4v) is 8.82. The van der Waals surface area contributed by atoms with E-state index in [2.05, 4.69) is 67.8 Å². The van der Waals surface area contributed by atoms with Gasteiger partial charge in [-0.2, -0.15) is 0 Å². The van der Waals surface area contributed by atoms with Gasteiger partial charge >= 0.3 is 5.97 Å². The molecular formula is C61H113NO5. The largest absolute Gasteiger partial charge is 0.466 e. The third kappa shape index (κ3) is 53.0. The van der Waals surface area contributed by atoms with E-state index in [0.29, 0.717) is 25.9 Å². The Kier molecular flexibility index (Phi) is 54.6. The number of hydrogen-bond acceptors (Lipinski definition) is 5. The van der Waals surface area contributed by atoms with Crippen molar-refractivity contribution in [1.29, 1.82) is 0 Å². The summed E-state index contributed by atoms with van der Waals surface area (Å²) >= 11 is 0. The first-order valence-corrected chi connectivity index (χ1v) is 29.4. The lowest BCUT2D eigenvalue weighted by molar-refractivity contribution is -0.143. The lowest BCUT2D eigenvalue weighted by Gasteiger charge is -2.22. The molecule has 2 unspecified atom stereocenters. The SMILES string of the molecule is CCCCCC/C=C\C/C=C\CCCCCCCC(=O)OCCCCCCCCCCC/C=C\C/C=C\CCCCCCCCCC(=O)NC(CO)C(O)CCCCCCCCCCCCC. The summed E-state index contributed by atoms with van der Waals surface area (Å²) in [6, 6.07) is -0.549. The average Bonchev–Trinajstić information content (AvgIpc) is 3.33. The number of esters is 1. The molecule has 0 fully saturated rings. The topological polar surface area (TPSA) is 95.9 Å². The van der Waals surface area contributed by atoms with E-state index in [-0.39, 0.29) is 18.5 Å². The second-order valence-electron chi connectivity index (χ2n) is 20.0. The molecule has 0 spiro atoms. The number of amides is 1. The molecule has 0 radical (unpaired) electrons. The van der Waals surface area contributed by atoms with Crippen LogP contribution < -0.4 is 5.32 Å². The summed E-state index contributed by atoms with van der Waals surface area (Å²) in [6.07, 6.45) is 71.1. The number of carbonyl (C=O) groups excluding carboxylic acids is 2. The summed E-state index contributed by atoms with van der Waals surface area (Å²) in [5.74, 6) is -0.0541. The van der Waals surface area contributed by atoms with Crippen molar-refractivity contribution in [3.8, 4) is 0 Å². The Bertz CT molecular complexity index is 1130. The number of nitrogens with one attached hydrogen (secondary N) is 1. The second kappa shape index (κ2) is 56.4. The molecule has 6 heteroatoms. The highest BCUT2D eigenvalue weighted by Crippen LogP contribution is 2.16. The molecule has 2 atom stereocenters. The van der Waals surface area contributed by atoms with Crippen LogP contribution in [-0.2, 0) is 14.3 Å². The van der Waals surface area contributed by atoms with E-state index in [1.807, 2.05) is 0 Å². The van der Waals surface area contributed by atoms with Gasteiger partial charge in [0.15, 0.2) is 0 Å². The van der Waals surface area contributed by atoms with Crippen LogP contribution in [0.5, 0.6) is 0 Å². The molecule has 0 heterocycles. The van der Waals surface area contributed by atoms with Crippen molar-refractivity contribution in [3.05, 3.63) is 48.6 Å². The zero-order chi connectivity index (χ0) is 48.6. The minimum atomic E-state index is -0.670. The number of ether oxygens (including phenoxy) is 1. The Labute approximate surface area is 416 Å². The zero-order valence-corrected chi connectivity index (χ0v) is 44.6. The lowest BCUT2D eigenvalue weighted by Crippen LogP contribution is -2.45. The molecule has 0 aromatic rings. The quantitative estimate of drug-likeness (QED) is 0.0321. The number of hydrogen-bond donors (Lipinski definition) is 3. The number of aliphatic hydroxyl groups is 2. The van der Waals surface area contributed by atoms with Crippen molar-refractivity contribution >= 4 is 11.9 Å².